The molecule has 0 aliphatic rings. The SMILES string of the molecule is Cc1cc(C(F)(F)F)n(C)c(=O)c1-c1ccc(CC(NC(=O)c2c(Cl)cccc2Cl)C(=O)O)cc1. The molecule has 2 N–H and O–H groups in total. The number of rotatable bonds is 6. The van der Waals surface area contributed by atoms with Crippen molar-refractivity contribution in [3.8, 4) is 11.1 Å². The van der Waals surface area contributed by atoms with Gasteiger partial charge in [0.15, 0.2) is 0 Å². The number of halogens is 5. The normalized spacial score (nSPS) is 12.3. The third kappa shape index (κ3) is 5.68. The molecule has 11 heteroatoms. The molecule has 35 heavy (non-hydrogen) atoms. The third-order valence-corrected chi connectivity index (χ3v) is 6.02. The second kappa shape index (κ2) is 10.1. The molecule has 0 radical (unpaired) electrons. The predicted molar refractivity (Wildman–Crippen MR) is 126 cm³/mol. The van der Waals surface area contributed by atoms with Gasteiger partial charge in [0, 0.05) is 13.5 Å². The first-order chi connectivity index (χ1) is 16.3. The van der Waals surface area contributed by atoms with Crippen LogP contribution in [0.4, 0.5) is 13.2 Å². The standard InChI is InChI=1S/C24H19Cl2F3N2O4/c1-12-10-18(24(27,28)29)31(2)22(33)19(12)14-8-6-13(7-9-14)11-17(23(34)35)30-21(32)20-15(25)4-3-5-16(20)26/h3-10,17H,11H2,1-2H3,(H,30,32)(H,34,35). The Hall–Kier alpha value is -3.30. The lowest BCUT2D eigenvalue weighted by molar-refractivity contribution is -0.143. The molecular formula is C24H19Cl2F3N2O4. The number of alkyl halides is 3. The van der Waals surface area contributed by atoms with Gasteiger partial charge in [0.2, 0.25) is 0 Å². The molecule has 0 saturated heterocycles. The highest BCUT2D eigenvalue weighted by Crippen LogP contribution is 2.31. The number of nitrogens with zero attached hydrogens (tertiary/aromatic N) is 1. The molecular weight excluding hydrogens is 508 g/mol. The van der Waals surface area contributed by atoms with Gasteiger partial charge >= 0.3 is 12.1 Å². The first-order valence-corrected chi connectivity index (χ1v) is 10.9. The van der Waals surface area contributed by atoms with E-state index < -0.39 is 35.3 Å². The van der Waals surface area contributed by atoms with E-state index in [2.05, 4.69) is 5.32 Å². The van der Waals surface area contributed by atoms with Crippen molar-refractivity contribution in [2.75, 3.05) is 0 Å². The van der Waals surface area contributed by atoms with Gasteiger partial charge in [-0.15, -0.1) is 0 Å². The van der Waals surface area contributed by atoms with Gasteiger partial charge in [0.25, 0.3) is 11.5 Å². The van der Waals surface area contributed by atoms with Crippen LogP contribution >= 0.6 is 23.2 Å². The zero-order chi connectivity index (χ0) is 26.1. The molecule has 1 heterocycles. The van der Waals surface area contributed by atoms with Gasteiger partial charge in [0.05, 0.1) is 21.2 Å². The van der Waals surface area contributed by atoms with E-state index in [1.807, 2.05) is 0 Å². The molecule has 0 fully saturated rings. The van der Waals surface area contributed by atoms with Crippen molar-refractivity contribution < 1.29 is 27.9 Å². The number of nitrogens with one attached hydrogen (secondary N) is 1. The van der Waals surface area contributed by atoms with Crippen molar-refractivity contribution in [1.29, 1.82) is 0 Å². The van der Waals surface area contributed by atoms with E-state index in [1.54, 1.807) is 6.07 Å². The summed E-state index contributed by atoms with van der Waals surface area (Å²) in [6.07, 6.45) is -4.78. The quantitative estimate of drug-likeness (QED) is 0.467. The van der Waals surface area contributed by atoms with E-state index in [0.717, 1.165) is 13.1 Å². The highest BCUT2D eigenvalue weighted by atomic mass is 35.5. The predicted octanol–water partition coefficient (Wildman–Crippen LogP) is 5.11. The first kappa shape index (κ1) is 26.3. The zero-order valence-electron chi connectivity index (χ0n) is 18.4. The van der Waals surface area contributed by atoms with Crippen LogP contribution in [0.5, 0.6) is 0 Å². The van der Waals surface area contributed by atoms with Gasteiger partial charge in [-0.05, 0) is 41.8 Å². The smallest absolute Gasteiger partial charge is 0.431 e. The zero-order valence-corrected chi connectivity index (χ0v) is 19.9. The summed E-state index contributed by atoms with van der Waals surface area (Å²) in [5.41, 5.74) is -0.779. The van der Waals surface area contributed by atoms with Gasteiger partial charge in [-0.2, -0.15) is 13.2 Å². The molecule has 3 aromatic rings. The highest BCUT2D eigenvalue weighted by molar-refractivity contribution is 6.39. The van der Waals surface area contributed by atoms with Crippen LogP contribution in [-0.4, -0.2) is 27.6 Å². The number of aryl methyl sites for hydroxylation is 1. The van der Waals surface area contributed by atoms with Gasteiger partial charge in [-0.25, -0.2) is 4.79 Å². The molecule has 2 aromatic carbocycles. The molecule has 0 spiro atoms. The Morgan fingerprint density at radius 3 is 2.17 bits per heavy atom. The van der Waals surface area contributed by atoms with Crippen LogP contribution in [0.15, 0.2) is 53.3 Å². The van der Waals surface area contributed by atoms with E-state index in [4.69, 9.17) is 23.2 Å². The molecule has 1 atom stereocenters. The maximum Gasteiger partial charge on any atom is 0.431 e. The molecule has 0 aliphatic carbocycles. The minimum Gasteiger partial charge on any atom is -0.480 e. The summed E-state index contributed by atoms with van der Waals surface area (Å²) in [5.74, 6) is -2.05. The topological polar surface area (TPSA) is 88.4 Å². The number of amides is 1. The molecule has 0 saturated carbocycles. The molecule has 1 aromatic heterocycles. The number of pyridine rings is 1. The number of carbonyl (C=O) groups is 2. The van der Waals surface area contributed by atoms with E-state index in [9.17, 15) is 32.7 Å². The largest absolute Gasteiger partial charge is 0.480 e. The lowest BCUT2D eigenvalue weighted by Crippen LogP contribution is -2.42. The Labute approximate surface area is 207 Å². The average molecular weight is 527 g/mol. The maximum absolute atomic E-state index is 13.2. The Balaban J connectivity index is 1.86. The Morgan fingerprint density at radius 2 is 1.66 bits per heavy atom. The number of carbonyl (C=O) groups excluding carboxylic acids is 1. The summed E-state index contributed by atoms with van der Waals surface area (Å²) in [7, 11) is 1.05. The van der Waals surface area contributed by atoms with Crippen molar-refractivity contribution in [3.05, 3.63) is 91.3 Å². The van der Waals surface area contributed by atoms with Crippen molar-refractivity contribution in [2.45, 2.75) is 25.6 Å². The number of hydrogen-bond donors (Lipinski definition) is 2. The van der Waals surface area contributed by atoms with E-state index in [0.29, 0.717) is 15.7 Å². The minimum absolute atomic E-state index is 0.0499. The Bertz CT molecular complexity index is 1330. The monoisotopic (exact) mass is 526 g/mol. The highest BCUT2D eigenvalue weighted by Gasteiger charge is 2.34. The molecule has 0 bridgehead atoms. The summed E-state index contributed by atoms with van der Waals surface area (Å²) in [5, 5.41) is 12.1. The summed E-state index contributed by atoms with van der Waals surface area (Å²) in [4.78, 5) is 37.0. The van der Waals surface area contributed by atoms with Crippen LogP contribution in [0.3, 0.4) is 0 Å². The van der Waals surface area contributed by atoms with Crippen molar-refractivity contribution in [2.24, 2.45) is 7.05 Å². The molecule has 1 amide bonds. The third-order valence-electron chi connectivity index (χ3n) is 5.39. The van der Waals surface area contributed by atoms with Gasteiger partial charge < -0.3 is 15.0 Å². The second-order valence-corrected chi connectivity index (χ2v) is 8.63. The van der Waals surface area contributed by atoms with Gasteiger partial charge in [0.1, 0.15) is 11.7 Å². The summed E-state index contributed by atoms with van der Waals surface area (Å²) in [6, 6.07) is 10.1. The number of carboxylic acid groups (broad SMARTS) is 1. The fourth-order valence-electron chi connectivity index (χ4n) is 3.63. The molecule has 0 aliphatic heterocycles. The van der Waals surface area contributed by atoms with Gasteiger partial charge in [-0.1, -0.05) is 53.5 Å². The first-order valence-electron chi connectivity index (χ1n) is 10.2. The van der Waals surface area contributed by atoms with Crippen LogP contribution < -0.4 is 10.9 Å². The van der Waals surface area contributed by atoms with E-state index >= 15 is 0 Å². The average Bonchev–Trinajstić information content (AvgIpc) is 2.76. The van der Waals surface area contributed by atoms with E-state index in [-0.39, 0.29) is 33.2 Å². The van der Waals surface area contributed by atoms with Crippen molar-refractivity contribution >= 4 is 35.1 Å². The van der Waals surface area contributed by atoms with E-state index in [1.165, 1.54) is 43.3 Å². The lowest BCUT2D eigenvalue weighted by Gasteiger charge is -2.17. The van der Waals surface area contributed by atoms with Crippen LogP contribution in [0.1, 0.15) is 27.2 Å². The second-order valence-electron chi connectivity index (χ2n) is 7.81. The van der Waals surface area contributed by atoms with Crippen LogP contribution in [-0.2, 0) is 24.4 Å². The number of aliphatic carboxylic acids is 1. The Kier molecular flexibility index (Phi) is 7.62. The summed E-state index contributed by atoms with van der Waals surface area (Å²) in [6.45, 7) is 1.41. The number of aromatic nitrogens is 1. The lowest BCUT2D eigenvalue weighted by atomic mass is 9.98. The fourth-order valence-corrected chi connectivity index (χ4v) is 4.20. The molecule has 1 unspecified atom stereocenters. The minimum atomic E-state index is -4.68. The number of hydrogen-bond acceptors (Lipinski definition) is 3. The number of carboxylic acids is 1. The molecule has 184 valence electrons. The summed E-state index contributed by atoms with van der Waals surface area (Å²) >= 11 is 12.0. The fraction of sp³-hybridized carbons (Fsp3) is 0.208. The van der Waals surface area contributed by atoms with Crippen LogP contribution in [0, 0.1) is 6.92 Å². The van der Waals surface area contributed by atoms with Crippen molar-refractivity contribution in [3.63, 3.8) is 0 Å². The molecule has 6 nitrogen and oxygen atoms in total. The maximum atomic E-state index is 13.2. The van der Waals surface area contributed by atoms with Crippen molar-refractivity contribution in [1.82, 2.24) is 9.88 Å². The number of benzene rings is 2. The molecule has 3 rings (SSSR count). The van der Waals surface area contributed by atoms with Crippen LogP contribution in [0.2, 0.25) is 10.0 Å². The van der Waals surface area contributed by atoms with Crippen LogP contribution in [0.25, 0.3) is 11.1 Å². The Morgan fingerprint density at radius 1 is 1.09 bits per heavy atom. The summed E-state index contributed by atoms with van der Waals surface area (Å²) < 4.78 is 40.1. The van der Waals surface area contributed by atoms with Gasteiger partial charge in [-0.3, -0.25) is 9.59 Å².